The Labute approximate surface area is 818 Å². The number of carbonyl (C=O) groups is 9. The Morgan fingerprint density at radius 3 is 0.993 bits per heavy atom. The molecule has 776 valence electrons. The van der Waals surface area contributed by atoms with E-state index in [0.29, 0.717) is 138 Å². The second-order valence-corrected chi connectivity index (χ2v) is 39.8. The van der Waals surface area contributed by atoms with Crippen LogP contribution in [-0.4, -0.2) is 290 Å². The zero-order valence-electron chi connectivity index (χ0n) is 84.6. The summed E-state index contributed by atoms with van der Waals surface area (Å²) < 4.78 is 60.5. The Morgan fingerprint density at radius 2 is 0.662 bits per heavy atom. The van der Waals surface area contributed by atoms with Crippen LogP contribution in [0, 0.1) is 0 Å². The highest BCUT2D eigenvalue weighted by Crippen LogP contribution is 2.22. The molecule has 5 aromatic rings. The lowest BCUT2D eigenvalue weighted by atomic mass is 9.95. The van der Waals surface area contributed by atoms with E-state index >= 15 is 0 Å². The first-order chi connectivity index (χ1) is 65.4. The number of rotatable bonds is 61. The van der Waals surface area contributed by atoms with Crippen LogP contribution in [0.5, 0.6) is 0 Å². The molecular formula is C92H163N7O31Si6. The summed E-state index contributed by atoms with van der Waals surface area (Å²) in [6.07, 6.45) is 3.97. The van der Waals surface area contributed by atoms with E-state index in [4.69, 9.17) is 54.1 Å². The summed E-state index contributed by atoms with van der Waals surface area (Å²) in [6.45, 7) is 45.8. The van der Waals surface area contributed by atoms with Gasteiger partial charge in [-0.15, -0.1) is 0 Å². The van der Waals surface area contributed by atoms with Crippen molar-refractivity contribution in [1.29, 1.82) is 0 Å². The minimum atomic E-state index is -2.85. The number of amides is 6. The molecule has 0 fully saturated rings. The first-order valence-corrected chi connectivity index (χ1v) is 56.8. The average molecular weight is 2030 g/mol. The largest absolute Gasteiger partial charge is 0.521 e. The highest BCUT2D eigenvalue weighted by Gasteiger charge is 2.42. The van der Waals surface area contributed by atoms with Gasteiger partial charge in [-0.25, -0.2) is 63.1 Å². The van der Waals surface area contributed by atoms with E-state index in [9.17, 15) is 53.4 Å². The van der Waals surface area contributed by atoms with Crippen molar-refractivity contribution in [2.75, 3.05) is 170 Å². The molecule has 44 heteroatoms. The average Bonchev–Trinajstić information content (AvgIpc) is 0.797. The lowest BCUT2D eigenvalue weighted by Gasteiger charge is -2.29. The number of hydrogen-bond donors (Lipinski definition) is 10. The number of hydrogen-bond acceptors (Lipinski definition) is 29. The molecule has 0 atom stereocenters. The van der Waals surface area contributed by atoms with Crippen molar-refractivity contribution in [1.82, 2.24) is 26.6 Å². The maximum absolute atomic E-state index is 13.1. The molecule has 0 aliphatic rings. The van der Waals surface area contributed by atoms with Crippen LogP contribution in [0.25, 0.3) is 0 Å². The molecule has 38 nitrogen and oxygen atoms in total. The number of para-hydroxylation sites is 2. The van der Waals surface area contributed by atoms with Gasteiger partial charge in [0.15, 0.2) is 44.8 Å². The molecule has 5 aromatic carbocycles. The zero-order valence-corrected chi connectivity index (χ0v) is 92.2. The molecule has 0 saturated heterocycles. The number of alkyl carbamates (subject to hydrolysis) is 1. The van der Waals surface area contributed by atoms with Crippen molar-refractivity contribution in [3.63, 3.8) is 0 Å². The van der Waals surface area contributed by atoms with Crippen LogP contribution in [0.15, 0.2) is 121 Å². The zero-order chi connectivity index (χ0) is 103. The molecule has 0 aromatic heterocycles. The van der Waals surface area contributed by atoms with E-state index in [1.54, 1.807) is 19.2 Å². The molecule has 0 unspecified atom stereocenters. The third-order valence-corrected chi connectivity index (χ3v) is 28.1. The van der Waals surface area contributed by atoms with Gasteiger partial charge in [-0.05, 0) is 242 Å². The molecule has 5 rings (SSSR count). The predicted octanol–water partition coefficient (Wildman–Crippen LogP) is 12.8. The Bertz CT molecular complexity index is 3690. The topological polar surface area (TPSA) is 474 Å². The van der Waals surface area contributed by atoms with E-state index in [1.807, 2.05) is 173 Å². The van der Waals surface area contributed by atoms with Gasteiger partial charge in [0, 0.05) is 128 Å². The van der Waals surface area contributed by atoms with Crippen molar-refractivity contribution in [3.05, 3.63) is 166 Å². The monoisotopic (exact) mass is 2030 g/mol. The molecule has 0 aliphatic carbocycles. The molecule has 0 aliphatic heterocycles. The lowest BCUT2D eigenvalue weighted by molar-refractivity contribution is -0.287. The molecule has 6 amide bonds. The third kappa shape index (κ3) is 71.9. The first-order valence-electron chi connectivity index (χ1n) is 46.6. The Kier molecular flexibility index (Phi) is 90.1. The summed E-state index contributed by atoms with van der Waals surface area (Å²) in [5, 5.41) is 48.1. The van der Waals surface area contributed by atoms with Crippen LogP contribution in [0.1, 0.15) is 235 Å². The number of ether oxygens (including phenoxy) is 1. The van der Waals surface area contributed by atoms with E-state index in [1.165, 1.54) is 68.8 Å². The number of carboxylic acids is 3. The van der Waals surface area contributed by atoms with Crippen molar-refractivity contribution in [2.45, 2.75) is 193 Å². The second-order valence-electron chi connectivity index (χ2n) is 28.2. The number of urea groups is 1. The number of nitrogens with one attached hydrogen (secondary N) is 7. The summed E-state index contributed by atoms with van der Waals surface area (Å²) >= 11 is 0. The lowest BCUT2D eigenvalue weighted by Crippen LogP contribution is -2.55. The smallest absolute Gasteiger partial charge is 0.478 e. The minimum Gasteiger partial charge on any atom is -0.478 e. The first kappa shape index (κ1) is 134. The summed E-state index contributed by atoms with van der Waals surface area (Å²) in [5.41, 5.74) is 0.725. The van der Waals surface area contributed by atoms with Crippen molar-refractivity contribution < 1.29 is 147 Å². The number of anilines is 2. The van der Waals surface area contributed by atoms with E-state index < -0.39 is 94.1 Å². The molecule has 0 bridgehead atoms. The Hall–Kier alpha value is -8.49. The maximum Gasteiger partial charge on any atom is 0.521 e. The highest BCUT2D eigenvalue weighted by molar-refractivity contribution is 6.61. The number of aromatic carboxylic acids is 3. The van der Waals surface area contributed by atoms with Gasteiger partial charge in [0.05, 0.1) is 93.4 Å². The SMILES string of the molecule is CCOOCC.CCOOCC.CCOOCC.CCO[SiH2]CCCNC(=O)c1ccc(C(=O)c2ccc(C(=O)NCCC[SiH2]OCC)c(C(=O)O)c2)cc1C(=O)O.CCO[SiH2]CCCNC(=O)c1ccccc1C(=O)O.CCO[Si](CCCNC(=O)Nc1ccccc1)(OCC)OCC.CCO[Si](CNC(=O)OC(C)(C)C)(OCC)OCC.COOC.CO[SiH2]CCCNc1ccccc1. The Morgan fingerprint density at radius 1 is 0.338 bits per heavy atom. The fraction of sp³-hybridized carbons (Fsp3) is 0.576. The summed E-state index contributed by atoms with van der Waals surface area (Å²) in [5.74, 6) is -5.98. The fourth-order valence-electron chi connectivity index (χ4n) is 10.8. The minimum absolute atomic E-state index is 0.0312. The van der Waals surface area contributed by atoms with Gasteiger partial charge in [-0.1, -0.05) is 60.7 Å². The summed E-state index contributed by atoms with van der Waals surface area (Å²) in [4.78, 5) is 143. The van der Waals surface area contributed by atoms with Crippen LogP contribution < -0.4 is 37.2 Å². The normalized spacial score (nSPS) is 10.9. The maximum atomic E-state index is 13.1. The molecule has 0 spiro atoms. The van der Waals surface area contributed by atoms with E-state index in [2.05, 4.69) is 88.5 Å². The summed E-state index contributed by atoms with van der Waals surface area (Å²) in [6, 6.07) is 37.7. The highest BCUT2D eigenvalue weighted by atomic mass is 28.4. The molecule has 0 radical (unpaired) electrons. The van der Waals surface area contributed by atoms with Crippen LogP contribution >= 0.6 is 0 Å². The summed E-state index contributed by atoms with van der Waals surface area (Å²) in [7, 11) is -2.67. The van der Waals surface area contributed by atoms with E-state index in [0.717, 1.165) is 61.9 Å². The van der Waals surface area contributed by atoms with Crippen LogP contribution in [0.3, 0.4) is 0 Å². The molecule has 10 N–H and O–H groups in total. The molecular weight excluding hydrogens is 1870 g/mol. The van der Waals surface area contributed by atoms with Gasteiger partial charge in [0.2, 0.25) is 0 Å². The predicted molar refractivity (Wildman–Crippen MR) is 541 cm³/mol. The van der Waals surface area contributed by atoms with E-state index in [-0.39, 0.29) is 72.4 Å². The van der Waals surface area contributed by atoms with Crippen LogP contribution in [0.4, 0.5) is 21.0 Å². The van der Waals surface area contributed by atoms with Gasteiger partial charge < -0.3 is 102 Å². The molecule has 0 saturated carbocycles. The standard InChI is InChI=1S/C27H36N2O9Si2.C16H28N2O4Si.C13H19NO4Si.C12H27NO5Si.C10H17NOSi.3C4H10O2.C2H6O2/c1-3-37-39-13-5-11-28-24(31)19-9-7-17(15-21(19)26(33)34)23(30)18-8-10-20(22(16-18)27(35)36)25(32)29-12-6-14-40-38-4-2;1-4-20-23(21-5-2,22-6-3)14-10-13-17-16(19)18-15-11-8-7-9-12-15;1-2-18-19-9-5-8-14-12(15)10-6-3-4-7-11(10)13(16)17;1-7-15-19(16-8-2,17-9-3)10-13-11(14)18-12(4,5)6;1-12-13-9-5-8-11-10-6-3-2-4-7-10;3*1-3-5-6-4-2;1-3-4-2/h7-10,15-16H,3-6,11-14,39-40H2,1-2H3,(H,28,31)(H,29,32)(H,33,34)(H,35,36);7-9,11-12H,4-6,10,13-14H2,1-3H3,(H2,17,18,19);3-4,6-7H,2,5,8-9,19H2,1H3,(H,14,15)(H,16,17);7-10H2,1-6H3,(H,13,14);2-4,6-7,11H,5,8-9,13H2,1H3;3*3-4H2,1-2H3;1-2H3. The van der Waals surface area contributed by atoms with Crippen LogP contribution in [-0.2, 0) is 88.1 Å². The Balaban J connectivity index is -0.000000786. The van der Waals surface area contributed by atoms with Gasteiger partial charge in [0.25, 0.3) is 17.7 Å². The third-order valence-electron chi connectivity index (χ3n) is 16.5. The number of carbonyl (C=O) groups excluding carboxylic acids is 6. The number of ketones is 1. The fourth-order valence-corrected chi connectivity index (χ4v) is 19.2. The van der Waals surface area contributed by atoms with Crippen molar-refractivity contribution in [2.24, 2.45) is 0 Å². The van der Waals surface area contributed by atoms with Gasteiger partial charge in [-0.2, -0.15) is 0 Å². The number of benzene rings is 5. The van der Waals surface area contributed by atoms with Gasteiger partial charge >= 0.3 is 47.6 Å². The van der Waals surface area contributed by atoms with Crippen LogP contribution in [0.2, 0.25) is 30.2 Å². The van der Waals surface area contributed by atoms with Gasteiger partial charge in [0.1, 0.15) is 5.60 Å². The molecule has 0 heterocycles. The molecule has 136 heavy (non-hydrogen) atoms. The number of carboxylic acid groups (broad SMARTS) is 3. The van der Waals surface area contributed by atoms with Crippen molar-refractivity contribution in [3.8, 4) is 0 Å². The quantitative estimate of drug-likeness (QED) is 0.00568. The van der Waals surface area contributed by atoms with Gasteiger partial charge in [-0.3, -0.25) is 19.2 Å². The van der Waals surface area contributed by atoms with Crippen molar-refractivity contribution >= 4 is 122 Å². The second kappa shape index (κ2) is 91.6.